The zero-order valence-corrected chi connectivity index (χ0v) is 14.3. The summed E-state index contributed by atoms with van der Waals surface area (Å²) in [6.07, 6.45) is -3.77. The minimum atomic E-state index is -4.34. The Morgan fingerprint density at radius 2 is 1.87 bits per heavy atom. The number of carbonyl (C=O) groups excluding carboxylic acids is 1. The first-order chi connectivity index (χ1) is 10.1. The Kier molecular flexibility index (Phi) is 8.63. The topological polar surface area (TPSA) is 55.1 Å². The SMILES string of the molecule is CC(CCNC(=O)C(C)C(C)N)c1cccc(C(F)(F)F)c1.Cl. The summed E-state index contributed by atoms with van der Waals surface area (Å²) in [5.41, 5.74) is 5.62. The van der Waals surface area contributed by atoms with Crippen molar-refractivity contribution >= 4 is 18.3 Å². The lowest BCUT2D eigenvalue weighted by Gasteiger charge is -2.17. The summed E-state index contributed by atoms with van der Waals surface area (Å²) in [6, 6.07) is 5.07. The molecule has 23 heavy (non-hydrogen) atoms. The molecule has 0 spiro atoms. The van der Waals surface area contributed by atoms with Crippen molar-refractivity contribution in [3.8, 4) is 0 Å². The highest BCUT2D eigenvalue weighted by molar-refractivity contribution is 5.85. The Hall–Kier alpha value is -1.27. The van der Waals surface area contributed by atoms with Crippen molar-refractivity contribution in [2.45, 2.75) is 45.3 Å². The highest BCUT2D eigenvalue weighted by Crippen LogP contribution is 2.31. The normalized spacial score (nSPS) is 15.3. The van der Waals surface area contributed by atoms with E-state index in [9.17, 15) is 18.0 Å². The molecule has 0 aromatic heterocycles. The summed E-state index contributed by atoms with van der Waals surface area (Å²) in [5, 5.41) is 2.77. The van der Waals surface area contributed by atoms with Gasteiger partial charge in [0.2, 0.25) is 5.91 Å². The Bertz CT molecular complexity index is 506. The second-order valence-corrected chi connectivity index (χ2v) is 5.75. The van der Waals surface area contributed by atoms with Crippen LogP contribution in [0, 0.1) is 5.92 Å². The van der Waals surface area contributed by atoms with Crippen molar-refractivity contribution < 1.29 is 18.0 Å². The van der Waals surface area contributed by atoms with Crippen molar-refractivity contribution in [1.82, 2.24) is 5.32 Å². The average molecular weight is 353 g/mol. The maximum absolute atomic E-state index is 12.7. The molecule has 3 unspecified atom stereocenters. The number of rotatable bonds is 6. The van der Waals surface area contributed by atoms with Crippen LogP contribution < -0.4 is 11.1 Å². The maximum Gasteiger partial charge on any atom is 0.416 e. The number of amides is 1. The number of halogens is 4. The first-order valence-corrected chi connectivity index (χ1v) is 7.33. The van der Waals surface area contributed by atoms with Gasteiger partial charge in [-0.05, 0) is 30.9 Å². The van der Waals surface area contributed by atoms with Crippen molar-refractivity contribution in [2.24, 2.45) is 11.7 Å². The largest absolute Gasteiger partial charge is 0.416 e. The molecule has 3 nitrogen and oxygen atoms in total. The predicted molar refractivity (Wildman–Crippen MR) is 87.5 cm³/mol. The number of alkyl halides is 3. The van der Waals surface area contributed by atoms with E-state index in [0.29, 0.717) is 18.5 Å². The molecule has 0 saturated heterocycles. The third-order valence-corrected chi connectivity index (χ3v) is 3.86. The molecule has 0 saturated carbocycles. The lowest BCUT2D eigenvalue weighted by molar-refractivity contribution is -0.137. The Balaban J connectivity index is 0.00000484. The minimum absolute atomic E-state index is 0. The number of hydrogen-bond donors (Lipinski definition) is 2. The second-order valence-electron chi connectivity index (χ2n) is 5.75. The highest BCUT2D eigenvalue weighted by atomic mass is 35.5. The van der Waals surface area contributed by atoms with Crippen molar-refractivity contribution in [3.63, 3.8) is 0 Å². The van der Waals surface area contributed by atoms with Crippen LogP contribution in [0.1, 0.15) is 44.2 Å². The zero-order valence-electron chi connectivity index (χ0n) is 13.5. The number of carbonyl (C=O) groups is 1. The van der Waals surface area contributed by atoms with Gasteiger partial charge in [-0.1, -0.05) is 32.0 Å². The van der Waals surface area contributed by atoms with Gasteiger partial charge in [-0.2, -0.15) is 13.2 Å². The number of nitrogens with one attached hydrogen (secondary N) is 1. The smallest absolute Gasteiger partial charge is 0.356 e. The molecule has 0 heterocycles. The van der Waals surface area contributed by atoms with Gasteiger partial charge in [-0.15, -0.1) is 12.4 Å². The summed E-state index contributed by atoms with van der Waals surface area (Å²) >= 11 is 0. The molecular weight excluding hydrogens is 329 g/mol. The van der Waals surface area contributed by atoms with E-state index in [1.54, 1.807) is 19.9 Å². The van der Waals surface area contributed by atoms with Gasteiger partial charge in [0.05, 0.1) is 5.56 Å². The monoisotopic (exact) mass is 352 g/mol. The fourth-order valence-corrected chi connectivity index (χ4v) is 2.00. The lowest BCUT2D eigenvalue weighted by Crippen LogP contribution is -2.39. The van der Waals surface area contributed by atoms with Gasteiger partial charge in [0, 0.05) is 18.5 Å². The number of hydrogen-bond acceptors (Lipinski definition) is 2. The summed E-state index contributed by atoms with van der Waals surface area (Å²) in [4.78, 5) is 11.7. The van der Waals surface area contributed by atoms with Crippen LogP contribution in [0.25, 0.3) is 0 Å². The van der Waals surface area contributed by atoms with E-state index in [0.717, 1.165) is 12.1 Å². The fraction of sp³-hybridized carbons (Fsp3) is 0.562. The van der Waals surface area contributed by atoms with Crippen LogP contribution in [0.5, 0.6) is 0 Å². The van der Waals surface area contributed by atoms with Gasteiger partial charge >= 0.3 is 6.18 Å². The molecule has 1 aromatic carbocycles. The van der Waals surface area contributed by atoms with Crippen LogP contribution in [-0.4, -0.2) is 18.5 Å². The summed E-state index contributed by atoms with van der Waals surface area (Å²) in [6.45, 7) is 5.76. The van der Waals surface area contributed by atoms with Gasteiger partial charge in [0.1, 0.15) is 0 Å². The molecular formula is C16H24ClF3N2O. The van der Waals surface area contributed by atoms with Crippen LogP contribution in [0.2, 0.25) is 0 Å². The molecule has 0 aliphatic heterocycles. The molecule has 0 bridgehead atoms. The standard InChI is InChI=1S/C16H23F3N2O.ClH/c1-10(7-8-21-15(22)11(2)12(3)20)13-5-4-6-14(9-13)16(17,18)19;/h4-6,9-12H,7-8,20H2,1-3H3,(H,21,22);1H. The second kappa shape index (κ2) is 9.13. The molecule has 3 atom stereocenters. The maximum atomic E-state index is 12.7. The first kappa shape index (κ1) is 21.7. The Morgan fingerprint density at radius 1 is 1.26 bits per heavy atom. The van der Waals surface area contributed by atoms with Crippen molar-refractivity contribution in [2.75, 3.05) is 6.54 Å². The first-order valence-electron chi connectivity index (χ1n) is 7.33. The molecule has 0 fully saturated rings. The molecule has 0 radical (unpaired) electrons. The summed E-state index contributed by atoms with van der Waals surface area (Å²) in [7, 11) is 0. The van der Waals surface area contributed by atoms with E-state index >= 15 is 0 Å². The number of nitrogens with two attached hydrogens (primary N) is 1. The molecule has 1 rings (SSSR count). The van der Waals surface area contributed by atoms with E-state index in [2.05, 4.69) is 5.32 Å². The van der Waals surface area contributed by atoms with Gasteiger partial charge in [-0.3, -0.25) is 4.79 Å². The molecule has 3 N–H and O–H groups in total. The van der Waals surface area contributed by atoms with Gasteiger partial charge < -0.3 is 11.1 Å². The van der Waals surface area contributed by atoms with Gasteiger partial charge in [-0.25, -0.2) is 0 Å². The minimum Gasteiger partial charge on any atom is -0.356 e. The molecule has 1 amide bonds. The summed E-state index contributed by atoms with van der Waals surface area (Å²) in [5.74, 6) is -0.497. The molecule has 132 valence electrons. The molecule has 7 heteroatoms. The number of benzene rings is 1. The predicted octanol–water partition coefficient (Wildman–Crippen LogP) is 3.72. The van der Waals surface area contributed by atoms with Crippen LogP contribution >= 0.6 is 12.4 Å². The highest BCUT2D eigenvalue weighted by Gasteiger charge is 2.30. The van der Waals surface area contributed by atoms with E-state index < -0.39 is 11.7 Å². The Labute approximate surface area is 141 Å². The zero-order chi connectivity index (χ0) is 16.9. The van der Waals surface area contributed by atoms with E-state index in [1.807, 2.05) is 6.92 Å². The third-order valence-electron chi connectivity index (χ3n) is 3.86. The quantitative estimate of drug-likeness (QED) is 0.819. The third kappa shape index (κ3) is 6.79. The molecule has 0 aliphatic rings. The lowest BCUT2D eigenvalue weighted by atomic mass is 9.95. The molecule has 0 aliphatic carbocycles. The van der Waals surface area contributed by atoms with Gasteiger partial charge in [0.15, 0.2) is 0 Å². The van der Waals surface area contributed by atoms with Crippen LogP contribution in [0.4, 0.5) is 13.2 Å². The van der Waals surface area contributed by atoms with E-state index in [1.165, 1.54) is 6.07 Å². The van der Waals surface area contributed by atoms with Gasteiger partial charge in [0.25, 0.3) is 0 Å². The molecule has 1 aromatic rings. The Morgan fingerprint density at radius 3 is 2.39 bits per heavy atom. The van der Waals surface area contributed by atoms with Crippen LogP contribution in [0.15, 0.2) is 24.3 Å². The fourth-order valence-electron chi connectivity index (χ4n) is 2.00. The van der Waals surface area contributed by atoms with Crippen molar-refractivity contribution in [3.05, 3.63) is 35.4 Å². The van der Waals surface area contributed by atoms with Crippen LogP contribution in [-0.2, 0) is 11.0 Å². The van der Waals surface area contributed by atoms with E-state index in [4.69, 9.17) is 5.73 Å². The van der Waals surface area contributed by atoms with Crippen LogP contribution in [0.3, 0.4) is 0 Å². The summed E-state index contributed by atoms with van der Waals surface area (Å²) < 4.78 is 38.1. The van der Waals surface area contributed by atoms with Crippen molar-refractivity contribution in [1.29, 1.82) is 0 Å². The van der Waals surface area contributed by atoms with E-state index in [-0.39, 0.29) is 36.2 Å². The average Bonchev–Trinajstić information content (AvgIpc) is 2.45.